The summed E-state index contributed by atoms with van der Waals surface area (Å²) in [4.78, 5) is 0. The molecule has 0 aliphatic carbocycles. The van der Waals surface area contributed by atoms with E-state index in [1.807, 2.05) is 19.1 Å². The predicted octanol–water partition coefficient (Wildman–Crippen LogP) is 0.828. The number of aromatic nitrogens is 4. The van der Waals surface area contributed by atoms with Gasteiger partial charge in [0.05, 0.1) is 6.54 Å². The summed E-state index contributed by atoms with van der Waals surface area (Å²) in [5.74, 6) is 1.54. The molecule has 0 aliphatic rings. The Hall–Kier alpha value is -1.95. The van der Waals surface area contributed by atoms with Gasteiger partial charge < -0.3 is 10.5 Å². The van der Waals surface area contributed by atoms with E-state index in [9.17, 15) is 0 Å². The lowest BCUT2D eigenvalue weighted by Crippen LogP contribution is -2.15. The third-order valence-electron chi connectivity index (χ3n) is 2.86. The molecule has 0 spiro atoms. The van der Waals surface area contributed by atoms with Gasteiger partial charge in [-0.05, 0) is 41.5 Å². The lowest BCUT2D eigenvalue weighted by atomic mass is 10.1. The van der Waals surface area contributed by atoms with Crippen LogP contribution in [0.15, 0.2) is 18.2 Å². The standard InChI is InChI=1S/C12H17N5O/c1-9-4-3-5-11(10(9)2)18-8-12-14-15-16-17(12)7-6-13/h3-5H,6-8,13H2,1-2H3. The van der Waals surface area contributed by atoms with E-state index in [-0.39, 0.29) is 0 Å². The molecule has 0 unspecified atom stereocenters. The number of ether oxygens (including phenoxy) is 1. The quantitative estimate of drug-likeness (QED) is 0.846. The van der Waals surface area contributed by atoms with Gasteiger partial charge in [0.25, 0.3) is 0 Å². The SMILES string of the molecule is Cc1cccc(OCc2nnnn2CCN)c1C. The highest BCUT2D eigenvalue weighted by atomic mass is 16.5. The molecule has 96 valence electrons. The van der Waals surface area contributed by atoms with E-state index >= 15 is 0 Å². The van der Waals surface area contributed by atoms with E-state index < -0.39 is 0 Å². The first kappa shape index (κ1) is 12.5. The largest absolute Gasteiger partial charge is 0.485 e. The summed E-state index contributed by atoms with van der Waals surface area (Å²) >= 11 is 0. The summed E-state index contributed by atoms with van der Waals surface area (Å²) in [5, 5.41) is 11.4. The van der Waals surface area contributed by atoms with Crippen LogP contribution in [0, 0.1) is 13.8 Å². The molecule has 0 atom stereocenters. The van der Waals surface area contributed by atoms with Crippen LogP contribution in [0.1, 0.15) is 17.0 Å². The first-order valence-electron chi connectivity index (χ1n) is 5.86. The van der Waals surface area contributed by atoms with Crippen LogP contribution < -0.4 is 10.5 Å². The van der Waals surface area contributed by atoms with Gasteiger partial charge in [0, 0.05) is 6.54 Å². The maximum Gasteiger partial charge on any atom is 0.189 e. The van der Waals surface area contributed by atoms with E-state index in [4.69, 9.17) is 10.5 Å². The predicted molar refractivity (Wildman–Crippen MR) is 67.1 cm³/mol. The molecule has 6 nitrogen and oxygen atoms in total. The molecular weight excluding hydrogens is 230 g/mol. The van der Waals surface area contributed by atoms with Gasteiger partial charge >= 0.3 is 0 Å². The van der Waals surface area contributed by atoms with Crippen LogP contribution in [0.4, 0.5) is 0 Å². The molecule has 2 N–H and O–H groups in total. The highest BCUT2D eigenvalue weighted by Crippen LogP contribution is 2.21. The maximum absolute atomic E-state index is 5.74. The second-order valence-electron chi connectivity index (χ2n) is 4.09. The minimum absolute atomic E-state index is 0.345. The molecule has 6 heteroatoms. The molecular formula is C12H17N5O. The van der Waals surface area contributed by atoms with Crippen LogP contribution in [0.2, 0.25) is 0 Å². The zero-order valence-electron chi connectivity index (χ0n) is 10.6. The molecule has 0 radical (unpaired) electrons. The minimum atomic E-state index is 0.345. The second-order valence-corrected chi connectivity index (χ2v) is 4.09. The number of tetrazole rings is 1. The summed E-state index contributed by atoms with van der Waals surface area (Å²) in [7, 11) is 0. The van der Waals surface area contributed by atoms with Crippen molar-refractivity contribution in [2.24, 2.45) is 5.73 Å². The average molecular weight is 247 g/mol. The van der Waals surface area contributed by atoms with E-state index in [1.54, 1.807) is 4.68 Å². The van der Waals surface area contributed by atoms with Crippen LogP contribution in [-0.2, 0) is 13.2 Å². The van der Waals surface area contributed by atoms with Gasteiger partial charge in [-0.2, -0.15) is 0 Å². The fourth-order valence-electron chi connectivity index (χ4n) is 1.65. The summed E-state index contributed by atoms with van der Waals surface area (Å²) in [6.45, 7) is 5.53. The number of aryl methyl sites for hydroxylation is 1. The van der Waals surface area contributed by atoms with Crippen LogP contribution >= 0.6 is 0 Å². The average Bonchev–Trinajstić information content (AvgIpc) is 2.79. The Labute approximate surface area is 106 Å². The highest BCUT2D eigenvalue weighted by Gasteiger charge is 2.07. The van der Waals surface area contributed by atoms with Gasteiger partial charge in [0.1, 0.15) is 12.4 Å². The highest BCUT2D eigenvalue weighted by molar-refractivity contribution is 5.38. The molecule has 0 fully saturated rings. The molecule has 1 heterocycles. The Morgan fingerprint density at radius 3 is 2.94 bits per heavy atom. The van der Waals surface area contributed by atoms with Crippen molar-refractivity contribution in [3.8, 4) is 5.75 Å². The number of hydrogen-bond acceptors (Lipinski definition) is 5. The maximum atomic E-state index is 5.74. The summed E-state index contributed by atoms with van der Waals surface area (Å²) < 4.78 is 7.40. The fourth-order valence-corrected chi connectivity index (χ4v) is 1.65. The third-order valence-corrected chi connectivity index (χ3v) is 2.86. The van der Waals surface area contributed by atoms with Gasteiger partial charge in [-0.3, -0.25) is 0 Å². The number of nitrogens with zero attached hydrogens (tertiary/aromatic N) is 4. The molecule has 0 amide bonds. The third kappa shape index (κ3) is 2.65. The van der Waals surface area contributed by atoms with Crippen molar-refractivity contribution in [3.05, 3.63) is 35.2 Å². The number of benzene rings is 1. The van der Waals surface area contributed by atoms with Gasteiger partial charge in [-0.25, -0.2) is 4.68 Å². The van der Waals surface area contributed by atoms with Crippen molar-refractivity contribution in [3.63, 3.8) is 0 Å². The Balaban J connectivity index is 2.07. The first-order valence-corrected chi connectivity index (χ1v) is 5.86. The molecule has 1 aromatic carbocycles. The van der Waals surface area contributed by atoms with Gasteiger partial charge in [-0.15, -0.1) is 5.10 Å². The lowest BCUT2D eigenvalue weighted by molar-refractivity contribution is 0.284. The Bertz CT molecular complexity index is 523. The molecule has 2 rings (SSSR count). The van der Waals surface area contributed by atoms with Crippen LogP contribution in [0.5, 0.6) is 5.75 Å². The minimum Gasteiger partial charge on any atom is -0.485 e. The zero-order valence-corrected chi connectivity index (χ0v) is 10.6. The molecule has 0 bridgehead atoms. The van der Waals surface area contributed by atoms with Crippen LogP contribution in [0.3, 0.4) is 0 Å². The van der Waals surface area contributed by atoms with Crippen molar-refractivity contribution < 1.29 is 4.74 Å². The van der Waals surface area contributed by atoms with Gasteiger partial charge in [0.2, 0.25) is 0 Å². The number of nitrogens with two attached hydrogens (primary N) is 1. The topological polar surface area (TPSA) is 78.9 Å². The van der Waals surface area contributed by atoms with Crippen molar-refractivity contribution in [1.29, 1.82) is 0 Å². The van der Waals surface area contributed by atoms with Crippen LogP contribution in [-0.4, -0.2) is 26.8 Å². The molecule has 0 saturated heterocycles. The number of rotatable bonds is 5. The van der Waals surface area contributed by atoms with E-state index in [2.05, 4.69) is 28.5 Å². The van der Waals surface area contributed by atoms with Crippen molar-refractivity contribution in [1.82, 2.24) is 20.2 Å². The van der Waals surface area contributed by atoms with Crippen molar-refractivity contribution in [2.75, 3.05) is 6.54 Å². The van der Waals surface area contributed by atoms with E-state index in [0.717, 1.165) is 11.3 Å². The van der Waals surface area contributed by atoms with Gasteiger partial charge in [-0.1, -0.05) is 12.1 Å². The second kappa shape index (κ2) is 5.59. The van der Waals surface area contributed by atoms with Gasteiger partial charge in [0.15, 0.2) is 5.82 Å². The molecule has 18 heavy (non-hydrogen) atoms. The van der Waals surface area contributed by atoms with E-state index in [1.165, 1.54) is 5.56 Å². The Kier molecular flexibility index (Phi) is 3.88. The molecule has 0 saturated carbocycles. The molecule has 2 aromatic rings. The van der Waals surface area contributed by atoms with Crippen molar-refractivity contribution in [2.45, 2.75) is 27.0 Å². The summed E-state index contributed by atoms with van der Waals surface area (Å²) in [5.41, 5.74) is 7.82. The monoisotopic (exact) mass is 247 g/mol. The van der Waals surface area contributed by atoms with Crippen molar-refractivity contribution >= 4 is 0 Å². The zero-order chi connectivity index (χ0) is 13.0. The fraction of sp³-hybridized carbons (Fsp3) is 0.417. The molecule has 0 aliphatic heterocycles. The smallest absolute Gasteiger partial charge is 0.189 e. The molecule has 1 aromatic heterocycles. The van der Waals surface area contributed by atoms with Crippen LogP contribution in [0.25, 0.3) is 0 Å². The summed E-state index contributed by atoms with van der Waals surface area (Å²) in [6.07, 6.45) is 0. The summed E-state index contributed by atoms with van der Waals surface area (Å²) in [6, 6.07) is 5.97. The Morgan fingerprint density at radius 1 is 1.33 bits per heavy atom. The lowest BCUT2D eigenvalue weighted by Gasteiger charge is -2.10. The normalized spacial score (nSPS) is 10.6. The Morgan fingerprint density at radius 2 is 2.17 bits per heavy atom. The number of hydrogen-bond donors (Lipinski definition) is 1. The van der Waals surface area contributed by atoms with E-state index in [0.29, 0.717) is 25.5 Å². The first-order chi connectivity index (χ1) is 8.72.